The van der Waals surface area contributed by atoms with Gasteiger partial charge in [0.1, 0.15) is 6.33 Å². The lowest BCUT2D eigenvalue weighted by molar-refractivity contribution is -0.0601. The summed E-state index contributed by atoms with van der Waals surface area (Å²) in [4.78, 5) is 25.5. The van der Waals surface area contributed by atoms with E-state index >= 15 is 0 Å². The average Bonchev–Trinajstić information content (AvgIpc) is 2.54. The molecule has 0 radical (unpaired) electrons. The quantitative estimate of drug-likeness (QED) is 0.881. The summed E-state index contributed by atoms with van der Waals surface area (Å²) in [6.45, 7) is 6.31. The first-order chi connectivity index (χ1) is 11.0. The van der Waals surface area contributed by atoms with Crippen LogP contribution in [0.25, 0.3) is 0 Å². The van der Waals surface area contributed by atoms with Crippen molar-refractivity contribution in [3.8, 4) is 0 Å². The Bertz CT molecular complexity index is 586. The minimum atomic E-state index is -0.0545. The zero-order valence-corrected chi connectivity index (χ0v) is 14.2. The molecule has 0 saturated carbocycles. The summed E-state index contributed by atoms with van der Waals surface area (Å²) in [5.74, 6) is 0.0195. The van der Waals surface area contributed by atoms with E-state index in [1.54, 1.807) is 0 Å². The van der Waals surface area contributed by atoms with Crippen molar-refractivity contribution in [2.75, 3.05) is 33.3 Å². The van der Waals surface area contributed by atoms with Gasteiger partial charge in [0, 0.05) is 24.5 Å². The van der Waals surface area contributed by atoms with Crippen molar-refractivity contribution in [1.82, 2.24) is 19.8 Å². The van der Waals surface area contributed by atoms with Crippen molar-refractivity contribution >= 4 is 5.91 Å². The zero-order chi connectivity index (χ0) is 16.6. The third kappa shape index (κ3) is 2.74. The molecule has 2 atom stereocenters. The van der Waals surface area contributed by atoms with Crippen molar-refractivity contribution in [1.29, 1.82) is 0 Å². The Kier molecular flexibility index (Phi) is 4.38. The normalized spacial score (nSPS) is 28.5. The predicted octanol–water partition coefficient (Wildman–Crippen LogP) is 1.01. The first kappa shape index (κ1) is 16.3. The van der Waals surface area contributed by atoms with Gasteiger partial charge in [-0.2, -0.15) is 0 Å². The predicted molar refractivity (Wildman–Crippen MR) is 87.2 cm³/mol. The standard InChI is InChI=1S/C17H26N4O2/c1-12-15(13(2)19-11-18-12)16(23)21-8-6-17(10-22)5-4-7-20(3)14(17)9-21/h11,14,22H,4-10H2,1-3H3/t14-,17-/m1/s1. The second-order valence-electron chi connectivity index (χ2n) is 7.04. The number of aromatic nitrogens is 2. The van der Waals surface area contributed by atoms with Crippen molar-refractivity contribution in [3.63, 3.8) is 0 Å². The number of aliphatic hydroxyl groups is 1. The number of likely N-dealkylation sites (N-methyl/N-ethyl adjacent to an activating group) is 1. The van der Waals surface area contributed by atoms with Crippen LogP contribution in [-0.2, 0) is 0 Å². The van der Waals surface area contributed by atoms with Crippen LogP contribution in [-0.4, -0.2) is 70.1 Å². The van der Waals surface area contributed by atoms with Gasteiger partial charge >= 0.3 is 0 Å². The molecule has 2 fully saturated rings. The fourth-order valence-corrected chi connectivity index (χ4v) is 4.26. The Balaban J connectivity index is 1.85. The lowest BCUT2D eigenvalue weighted by atomic mass is 9.69. The number of likely N-dealkylation sites (tertiary alicyclic amines) is 2. The van der Waals surface area contributed by atoms with Crippen molar-refractivity contribution in [2.45, 2.75) is 39.2 Å². The maximum atomic E-state index is 13.0. The van der Waals surface area contributed by atoms with E-state index in [1.165, 1.54) is 6.33 Å². The molecule has 1 N–H and O–H groups in total. The highest BCUT2D eigenvalue weighted by atomic mass is 16.3. The smallest absolute Gasteiger partial charge is 0.257 e. The Morgan fingerprint density at radius 3 is 2.65 bits per heavy atom. The summed E-state index contributed by atoms with van der Waals surface area (Å²) in [7, 11) is 2.10. The number of aliphatic hydroxyl groups excluding tert-OH is 1. The molecule has 3 heterocycles. The molecule has 2 aliphatic rings. The molecule has 0 unspecified atom stereocenters. The van der Waals surface area contributed by atoms with Crippen LogP contribution in [0.3, 0.4) is 0 Å². The van der Waals surface area contributed by atoms with Gasteiger partial charge in [-0.05, 0) is 46.7 Å². The molecule has 1 aromatic rings. The number of rotatable bonds is 2. The first-order valence-electron chi connectivity index (χ1n) is 8.37. The van der Waals surface area contributed by atoms with E-state index in [4.69, 9.17) is 0 Å². The number of fused-ring (bicyclic) bond motifs is 1. The summed E-state index contributed by atoms with van der Waals surface area (Å²) < 4.78 is 0. The maximum absolute atomic E-state index is 13.0. The second-order valence-corrected chi connectivity index (χ2v) is 7.04. The van der Waals surface area contributed by atoms with Crippen LogP contribution in [0.2, 0.25) is 0 Å². The van der Waals surface area contributed by atoms with Gasteiger partial charge in [-0.25, -0.2) is 9.97 Å². The molecule has 0 aliphatic carbocycles. The van der Waals surface area contributed by atoms with Gasteiger partial charge in [0.05, 0.1) is 23.6 Å². The van der Waals surface area contributed by atoms with Crippen molar-refractivity contribution < 1.29 is 9.90 Å². The summed E-state index contributed by atoms with van der Waals surface area (Å²) in [5, 5.41) is 9.97. The number of piperidine rings is 2. The van der Waals surface area contributed by atoms with Crippen molar-refractivity contribution in [2.24, 2.45) is 5.41 Å². The SMILES string of the molecule is Cc1ncnc(C)c1C(=O)N1CC[C@@]2(CO)CCCN(C)[C@@H]2C1. The number of hydrogen-bond acceptors (Lipinski definition) is 5. The number of carbonyl (C=O) groups excluding carboxylic acids is 1. The van der Waals surface area contributed by atoms with Gasteiger partial charge < -0.3 is 14.9 Å². The van der Waals surface area contributed by atoms with Crippen LogP contribution in [0.4, 0.5) is 0 Å². The number of nitrogens with zero attached hydrogens (tertiary/aromatic N) is 4. The fourth-order valence-electron chi connectivity index (χ4n) is 4.26. The van der Waals surface area contributed by atoms with E-state index in [9.17, 15) is 9.90 Å². The zero-order valence-electron chi connectivity index (χ0n) is 14.2. The van der Waals surface area contributed by atoms with Crippen LogP contribution in [0, 0.1) is 19.3 Å². The third-order valence-corrected chi connectivity index (χ3v) is 5.74. The van der Waals surface area contributed by atoms with Crippen LogP contribution >= 0.6 is 0 Å². The molecular weight excluding hydrogens is 292 g/mol. The molecule has 6 heteroatoms. The lowest BCUT2D eigenvalue weighted by Gasteiger charge is -2.53. The maximum Gasteiger partial charge on any atom is 0.257 e. The molecule has 1 aromatic heterocycles. The minimum Gasteiger partial charge on any atom is -0.396 e. The summed E-state index contributed by atoms with van der Waals surface area (Å²) in [5.41, 5.74) is 2.04. The van der Waals surface area contributed by atoms with Crippen molar-refractivity contribution in [3.05, 3.63) is 23.3 Å². The molecule has 23 heavy (non-hydrogen) atoms. The van der Waals surface area contributed by atoms with Crippen LogP contribution < -0.4 is 0 Å². The van der Waals surface area contributed by atoms with Gasteiger partial charge in [0.15, 0.2) is 0 Å². The number of hydrogen-bond donors (Lipinski definition) is 1. The van der Waals surface area contributed by atoms with Gasteiger partial charge in [0.25, 0.3) is 5.91 Å². The highest BCUT2D eigenvalue weighted by molar-refractivity contribution is 5.96. The molecule has 1 amide bonds. The second kappa shape index (κ2) is 6.17. The number of amides is 1. The Labute approximate surface area is 137 Å². The lowest BCUT2D eigenvalue weighted by Crippen LogP contribution is -2.62. The van der Waals surface area contributed by atoms with Crippen LogP contribution in [0.15, 0.2) is 6.33 Å². The molecule has 2 aliphatic heterocycles. The van der Waals surface area contributed by atoms with Gasteiger partial charge in [-0.15, -0.1) is 0 Å². The average molecular weight is 318 g/mol. The number of carbonyl (C=O) groups is 1. The summed E-state index contributed by atoms with van der Waals surface area (Å²) >= 11 is 0. The Morgan fingerprint density at radius 1 is 1.30 bits per heavy atom. The molecule has 126 valence electrons. The van der Waals surface area contributed by atoms with Crippen LogP contribution in [0.5, 0.6) is 0 Å². The monoisotopic (exact) mass is 318 g/mol. The minimum absolute atomic E-state index is 0.0195. The van der Waals surface area contributed by atoms with Crippen LogP contribution in [0.1, 0.15) is 41.0 Å². The summed E-state index contributed by atoms with van der Waals surface area (Å²) in [6.07, 6.45) is 4.53. The Hall–Kier alpha value is -1.53. The molecular formula is C17H26N4O2. The highest BCUT2D eigenvalue weighted by Crippen LogP contribution is 2.41. The molecule has 3 rings (SSSR count). The van der Waals surface area contributed by atoms with E-state index in [0.29, 0.717) is 18.7 Å². The molecule has 6 nitrogen and oxygen atoms in total. The Morgan fingerprint density at radius 2 is 2.00 bits per heavy atom. The van der Waals surface area contributed by atoms with E-state index in [2.05, 4.69) is 21.9 Å². The van der Waals surface area contributed by atoms with Gasteiger partial charge in [-0.1, -0.05) is 0 Å². The number of aryl methyl sites for hydroxylation is 2. The summed E-state index contributed by atoms with van der Waals surface area (Å²) in [6, 6.07) is 0.226. The van der Waals surface area contributed by atoms with E-state index in [0.717, 1.165) is 37.2 Å². The van der Waals surface area contributed by atoms with Gasteiger partial charge in [-0.3, -0.25) is 4.79 Å². The van der Waals surface area contributed by atoms with Gasteiger partial charge in [0.2, 0.25) is 0 Å². The first-order valence-corrected chi connectivity index (χ1v) is 8.37. The topological polar surface area (TPSA) is 69.6 Å². The molecule has 2 saturated heterocycles. The van der Waals surface area contributed by atoms with E-state index < -0.39 is 0 Å². The van der Waals surface area contributed by atoms with E-state index in [1.807, 2.05) is 18.7 Å². The fraction of sp³-hybridized carbons (Fsp3) is 0.706. The highest BCUT2D eigenvalue weighted by Gasteiger charge is 2.47. The third-order valence-electron chi connectivity index (χ3n) is 5.74. The molecule has 0 bridgehead atoms. The molecule has 0 aromatic carbocycles. The molecule has 0 spiro atoms. The largest absolute Gasteiger partial charge is 0.396 e. The van der Waals surface area contributed by atoms with E-state index in [-0.39, 0.29) is 24.0 Å².